The smallest absolute Gasteiger partial charge is 0.319 e. The summed E-state index contributed by atoms with van der Waals surface area (Å²) in [5.41, 5.74) is 5.60. The van der Waals surface area contributed by atoms with E-state index in [1.807, 2.05) is 81.4 Å². The summed E-state index contributed by atoms with van der Waals surface area (Å²) in [6, 6.07) is 17.0. The zero-order chi connectivity index (χ0) is 26.3. The fourth-order valence-electron chi connectivity index (χ4n) is 6.31. The average Bonchev–Trinajstić information content (AvgIpc) is 3.46. The Hall–Kier alpha value is -4.39. The molecule has 3 heterocycles. The minimum Gasteiger partial charge on any atom is -0.454 e. The number of rotatable bonds is 2. The predicted octanol–water partition coefficient (Wildman–Crippen LogP) is 4.86. The molecule has 0 saturated carbocycles. The molecular weight excluding hydrogens is 482 g/mol. The number of esters is 1. The van der Waals surface area contributed by atoms with Crippen LogP contribution in [0.15, 0.2) is 60.7 Å². The van der Waals surface area contributed by atoms with Gasteiger partial charge in [0, 0.05) is 11.5 Å². The van der Waals surface area contributed by atoms with Crippen LogP contribution in [0.1, 0.15) is 33.7 Å². The van der Waals surface area contributed by atoms with Crippen LogP contribution in [-0.2, 0) is 14.4 Å². The number of nitrogens with zero attached hydrogens (tertiary/aromatic N) is 1. The second-order valence-electron chi connectivity index (χ2n) is 10.5. The Balaban J connectivity index is 1.44. The molecule has 1 saturated heterocycles. The Kier molecular flexibility index (Phi) is 4.83. The minimum atomic E-state index is -0.889. The van der Waals surface area contributed by atoms with E-state index in [0.717, 1.165) is 33.4 Å². The number of aryl methyl sites for hydroxylation is 3. The van der Waals surface area contributed by atoms with Gasteiger partial charge in [-0.1, -0.05) is 36.4 Å². The molecule has 0 unspecified atom stereocenters. The number of carbonyl (C=O) groups is 3. The largest absolute Gasteiger partial charge is 0.454 e. The second-order valence-corrected chi connectivity index (χ2v) is 10.5. The van der Waals surface area contributed by atoms with Crippen LogP contribution >= 0.6 is 0 Å². The van der Waals surface area contributed by atoms with Gasteiger partial charge in [0.15, 0.2) is 11.5 Å². The molecular formula is C31H25NO6. The highest BCUT2D eigenvalue weighted by molar-refractivity contribution is 6.25. The number of amides is 2. The van der Waals surface area contributed by atoms with Crippen molar-refractivity contribution in [3.05, 3.63) is 88.5 Å². The Morgan fingerprint density at radius 1 is 0.763 bits per heavy atom. The molecule has 3 aromatic carbocycles. The molecule has 7 heteroatoms. The monoisotopic (exact) mass is 507 g/mol. The number of fused-ring (bicyclic) bond motifs is 6. The van der Waals surface area contributed by atoms with Crippen molar-refractivity contribution in [3.8, 4) is 17.2 Å². The van der Waals surface area contributed by atoms with Crippen molar-refractivity contribution in [2.75, 3.05) is 11.7 Å². The van der Waals surface area contributed by atoms with Crippen molar-refractivity contribution in [3.63, 3.8) is 0 Å². The van der Waals surface area contributed by atoms with Crippen LogP contribution in [0.3, 0.4) is 0 Å². The van der Waals surface area contributed by atoms with Gasteiger partial charge in [-0.05, 0) is 72.9 Å². The van der Waals surface area contributed by atoms with Crippen molar-refractivity contribution in [1.29, 1.82) is 0 Å². The SMILES string of the molecule is Cc1ccc2c(c1)OC(=O)[C@@H]1C2=C[C@H](c2ccc3c(c2)OCO3)[C@@H]2C(=O)N(c3cc(C)ccc3C)C(=O)[C@@H]12. The zero-order valence-corrected chi connectivity index (χ0v) is 21.2. The first-order chi connectivity index (χ1) is 18.3. The molecule has 7 nitrogen and oxygen atoms in total. The molecule has 2 amide bonds. The maximum Gasteiger partial charge on any atom is 0.319 e. The highest BCUT2D eigenvalue weighted by atomic mass is 16.7. The van der Waals surface area contributed by atoms with E-state index >= 15 is 0 Å². The molecule has 3 aromatic rings. The molecule has 1 aliphatic carbocycles. The first-order valence-electron chi connectivity index (χ1n) is 12.7. The highest BCUT2D eigenvalue weighted by Gasteiger charge is 2.60. The van der Waals surface area contributed by atoms with Crippen LogP contribution in [0, 0.1) is 38.5 Å². The number of benzene rings is 3. The van der Waals surface area contributed by atoms with Gasteiger partial charge < -0.3 is 14.2 Å². The van der Waals surface area contributed by atoms with Crippen molar-refractivity contribution < 1.29 is 28.6 Å². The third-order valence-corrected chi connectivity index (χ3v) is 8.14. The summed E-state index contributed by atoms with van der Waals surface area (Å²) in [4.78, 5) is 43.1. The second kappa shape index (κ2) is 8.05. The normalized spacial score (nSPS) is 25.0. The van der Waals surface area contributed by atoms with Crippen LogP contribution in [0.2, 0.25) is 0 Å². The van der Waals surface area contributed by atoms with Crippen LogP contribution in [-0.4, -0.2) is 24.6 Å². The maximum atomic E-state index is 14.2. The Morgan fingerprint density at radius 3 is 2.34 bits per heavy atom. The fourth-order valence-corrected chi connectivity index (χ4v) is 6.31. The minimum absolute atomic E-state index is 0.134. The van der Waals surface area contributed by atoms with Gasteiger partial charge in [0.1, 0.15) is 5.75 Å². The van der Waals surface area contributed by atoms with Crippen LogP contribution in [0.25, 0.3) is 5.57 Å². The molecule has 0 N–H and O–H groups in total. The Morgan fingerprint density at radius 2 is 1.50 bits per heavy atom. The molecule has 3 aliphatic heterocycles. The summed E-state index contributed by atoms with van der Waals surface area (Å²) < 4.78 is 16.9. The van der Waals surface area contributed by atoms with Crippen molar-refractivity contribution in [2.45, 2.75) is 26.7 Å². The number of carbonyl (C=O) groups excluding carboxylic acids is 3. The van der Waals surface area contributed by atoms with Gasteiger partial charge in [-0.15, -0.1) is 0 Å². The molecule has 0 spiro atoms. The van der Waals surface area contributed by atoms with Crippen LogP contribution < -0.4 is 19.1 Å². The number of imide groups is 1. The van der Waals surface area contributed by atoms with Gasteiger partial charge in [-0.2, -0.15) is 0 Å². The first kappa shape index (κ1) is 22.8. The van der Waals surface area contributed by atoms with Crippen molar-refractivity contribution >= 4 is 29.0 Å². The molecule has 0 aromatic heterocycles. The number of hydrogen-bond donors (Lipinski definition) is 0. The molecule has 1 fully saturated rings. The van der Waals surface area contributed by atoms with Crippen LogP contribution in [0.4, 0.5) is 5.69 Å². The lowest BCUT2D eigenvalue weighted by Crippen LogP contribution is -2.42. The zero-order valence-electron chi connectivity index (χ0n) is 21.2. The predicted molar refractivity (Wildman–Crippen MR) is 139 cm³/mol. The van der Waals surface area contributed by atoms with E-state index in [1.165, 1.54) is 4.90 Å². The lowest BCUT2D eigenvalue weighted by atomic mass is 9.64. The molecule has 0 bridgehead atoms. The van der Waals surface area contributed by atoms with E-state index in [4.69, 9.17) is 14.2 Å². The number of allylic oxidation sites excluding steroid dienone is 1. The first-order valence-corrected chi connectivity index (χ1v) is 12.7. The number of anilines is 1. The topological polar surface area (TPSA) is 82.1 Å². The van der Waals surface area contributed by atoms with Gasteiger partial charge in [0.25, 0.3) is 0 Å². The molecule has 190 valence electrons. The Bertz CT molecular complexity index is 1600. The standard InChI is InChI=1S/C31H25NO6/c1-15-4-6-17(3)22(10-15)32-29(33)26-20(18-7-9-23-25(12-18)37-14-36-23)13-21-19-8-5-16(2)11-24(19)38-31(35)27(21)28(26)30(32)34/h4-13,20,26-28H,14H2,1-3H3/t20-,26+,27-,28-/m1/s1. The summed E-state index contributed by atoms with van der Waals surface area (Å²) in [7, 11) is 0. The molecule has 4 atom stereocenters. The lowest BCUT2D eigenvalue weighted by Gasteiger charge is -2.38. The van der Waals surface area contributed by atoms with Crippen LogP contribution in [0.5, 0.6) is 17.2 Å². The lowest BCUT2D eigenvalue weighted by molar-refractivity contribution is -0.142. The summed E-state index contributed by atoms with van der Waals surface area (Å²) >= 11 is 0. The van der Waals surface area contributed by atoms with Gasteiger partial charge >= 0.3 is 5.97 Å². The van der Waals surface area contributed by atoms with E-state index in [9.17, 15) is 14.4 Å². The van der Waals surface area contributed by atoms with E-state index < -0.39 is 29.6 Å². The molecule has 7 rings (SSSR count). The number of ether oxygens (including phenoxy) is 3. The highest BCUT2D eigenvalue weighted by Crippen LogP contribution is 2.55. The third-order valence-electron chi connectivity index (χ3n) is 8.14. The van der Waals surface area contributed by atoms with Gasteiger partial charge in [-0.3, -0.25) is 14.4 Å². The van der Waals surface area contributed by atoms with Gasteiger partial charge in [0.05, 0.1) is 23.4 Å². The summed E-state index contributed by atoms with van der Waals surface area (Å²) in [5.74, 6) is -2.45. The van der Waals surface area contributed by atoms with E-state index in [-0.39, 0.29) is 18.6 Å². The van der Waals surface area contributed by atoms with Crippen molar-refractivity contribution in [2.24, 2.45) is 17.8 Å². The maximum absolute atomic E-state index is 14.2. The quantitative estimate of drug-likeness (QED) is 0.280. The van der Waals surface area contributed by atoms with E-state index in [2.05, 4.69) is 0 Å². The molecule has 4 aliphatic rings. The summed E-state index contributed by atoms with van der Waals surface area (Å²) in [5, 5.41) is 0. The number of hydrogen-bond acceptors (Lipinski definition) is 6. The summed E-state index contributed by atoms with van der Waals surface area (Å²) in [6.07, 6.45) is 1.98. The van der Waals surface area contributed by atoms with Gasteiger partial charge in [0.2, 0.25) is 18.6 Å². The van der Waals surface area contributed by atoms with E-state index in [0.29, 0.717) is 22.9 Å². The van der Waals surface area contributed by atoms with E-state index in [1.54, 1.807) is 0 Å². The molecule has 38 heavy (non-hydrogen) atoms. The third kappa shape index (κ3) is 3.17. The average molecular weight is 508 g/mol. The summed E-state index contributed by atoms with van der Waals surface area (Å²) in [6.45, 7) is 5.87. The van der Waals surface area contributed by atoms with Gasteiger partial charge in [-0.25, -0.2) is 4.90 Å². The van der Waals surface area contributed by atoms with Crippen molar-refractivity contribution in [1.82, 2.24) is 0 Å². The fraction of sp³-hybridized carbons (Fsp3) is 0.258. The Labute approximate surface area is 219 Å². The molecule has 0 radical (unpaired) electrons.